The molecule has 1 aromatic carbocycles. The number of nitro groups is 1. The van der Waals surface area contributed by atoms with Crippen LogP contribution in [-0.2, 0) is 4.79 Å². The maximum atomic E-state index is 11.7. The summed E-state index contributed by atoms with van der Waals surface area (Å²) in [5, 5.41) is 13.7. The molecule has 19 heavy (non-hydrogen) atoms. The van der Waals surface area contributed by atoms with Gasteiger partial charge in [-0.3, -0.25) is 14.9 Å². The molecule has 1 fully saturated rings. The minimum Gasteiger partial charge on any atom is -0.379 e. The highest BCUT2D eigenvalue weighted by atomic mass is 16.6. The van der Waals surface area contributed by atoms with E-state index in [1.807, 2.05) is 12.8 Å². The van der Waals surface area contributed by atoms with Crippen molar-refractivity contribution in [1.82, 2.24) is 0 Å². The van der Waals surface area contributed by atoms with Gasteiger partial charge in [-0.1, -0.05) is 12.1 Å². The summed E-state index contributed by atoms with van der Waals surface area (Å²) in [7, 11) is 0. The molecule has 1 aliphatic rings. The highest BCUT2D eigenvalue weighted by Crippen LogP contribution is 2.26. The van der Waals surface area contributed by atoms with Crippen LogP contribution >= 0.6 is 0 Å². The molecule has 0 heterocycles. The number of hydrogen-bond acceptors (Lipinski definition) is 4. The van der Waals surface area contributed by atoms with Crippen molar-refractivity contribution in [2.75, 3.05) is 11.9 Å². The lowest BCUT2D eigenvalue weighted by atomic mass is 10.0. The highest BCUT2D eigenvalue weighted by molar-refractivity contribution is 5.97. The van der Waals surface area contributed by atoms with Gasteiger partial charge in [-0.2, -0.15) is 0 Å². The number of para-hydroxylation sites is 2. The molecular formula is C14H13N2O3. The molecule has 0 aliphatic heterocycles. The fraction of sp³-hybridized carbons (Fsp3) is 0.143. The van der Waals surface area contributed by atoms with Crippen molar-refractivity contribution in [2.45, 2.75) is 6.42 Å². The van der Waals surface area contributed by atoms with Crippen molar-refractivity contribution in [2.24, 2.45) is 0 Å². The van der Waals surface area contributed by atoms with E-state index in [1.54, 1.807) is 31.0 Å². The van der Waals surface area contributed by atoms with Gasteiger partial charge in [-0.05, 0) is 31.7 Å². The standard InChI is InChI=1S/C14H13N2O3/c17-14(11-5-1-2-6-11)9-10-15-12-7-3-4-8-13(12)16(18)19/h1-8,15H,9-10H2. The molecule has 5 heteroatoms. The molecule has 0 saturated heterocycles. The van der Waals surface area contributed by atoms with Gasteiger partial charge in [0.15, 0.2) is 0 Å². The molecule has 0 atom stereocenters. The summed E-state index contributed by atoms with van der Waals surface area (Å²) in [5.41, 5.74) is 0.450. The third-order valence-electron chi connectivity index (χ3n) is 2.75. The van der Waals surface area contributed by atoms with Crippen LogP contribution in [0.2, 0.25) is 0 Å². The second-order valence-corrected chi connectivity index (χ2v) is 4.05. The van der Waals surface area contributed by atoms with Gasteiger partial charge in [0, 0.05) is 24.9 Å². The molecule has 2 rings (SSSR count). The van der Waals surface area contributed by atoms with Crippen molar-refractivity contribution < 1.29 is 9.72 Å². The molecule has 1 saturated carbocycles. The number of ketones is 1. The van der Waals surface area contributed by atoms with E-state index in [0.29, 0.717) is 24.6 Å². The first-order valence-electron chi connectivity index (χ1n) is 5.90. The molecule has 1 aliphatic carbocycles. The number of anilines is 1. The van der Waals surface area contributed by atoms with Crippen LogP contribution in [0.5, 0.6) is 0 Å². The zero-order valence-corrected chi connectivity index (χ0v) is 10.2. The average Bonchev–Trinajstić information content (AvgIpc) is 2.93. The lowest BCUT2D eigenvalue weighted by Crippen LogP contribution is -2.15. The van der Waals surface area contributed by atoms with Crippen molar-refractivity contribution in [3.8, 4) is 0 Å². The first kappa shape index (κ1) is 13.5. The number of nitro benzene ring substituents is 1. The van der Waals surface area contributed by atoms with Gasteiger partial charge in [0.25, 0.3) is 5.69 Å². The van der Waals surface area contributed by atoms with Gasteiger partial charge in [0.1, 0.15) is 11.5 Å². The van der Waals surface area contributed by atoms with E-state index in [4.69, 9.17) is 0 Å². The second-order valence-electron chi connectivity index (χ2n) is 4.05. The molecule has 0 aromatic heterocycles. The topological polar surface area (TPSA) is 72.2 Å². The van der Waals surface area contributed by atoms with Gasteiger partial charge in [0.05, 0.1) is 4.92 Å². The van der Waals surface area contributed by atoms with E-state index >= 15 is 0 Å². The van der Waals surface area contributed by atoms with Gasteiger partial charge in [-0.15, -0.1) is 0 Å². The summed E-state index contributed by atoms with van der Waals surface area (Å²) in [5.74, 6) is 0.695. The number of rotatable bonds is 6. The van der Waals surface area contributed by atoms with Crippen LogP contribution in [0.1, 0.15) is 6.42 Å². The monoisotopic (exact) mass is 257 g/mol. The first-order valence-corrected chi connectivity index (χ1v) is 5.90. The van der Waals surface area contributed by atoms with Crippen molar-refractivity contribution in [1.29, 1.82) is 0 Å². The number of hydrogen-bond donors (Lipinski definition) is 1. The van der Waals surface area contributed by atoms with Crippen LogP contribution in [0, 0.1) is 41.7 Å². The third-order valence-corrected chi connectivity index (χ3v) is 2.75. The number of nitrogens with zero attached hydrogens (tertiary/aromatic N) is 1. The van der Waals surface area contributed by atoms with Gasteiger partial charge < -0.3 is 5.32 Å². The quantitative estimate of drug-likeness (QED) is 0.627. The van der Waals surface area contributed by atoms with Gasteiger partial charge in [-0.25, -0.2) is 0 Å². The van der Waals surface area contributed by atoms with E-state index in [9.17, 15) is 14.9 Å². The molecule has 0 bridgehead atoms. The van der Waals surface area contributed by atoms with E-state index in [-0.39, 0.29) is 11.5 Å². The van der Waals surface area contributed by atoms with Crippen molar-refractivity contribution in [3.63, 3.8) is 0 Å². The smallest absolute Gasteiger partial charge is 0.292 e. The van der Waals surface area contributed by atoms with E-state index in [2.05, 4.69) is 5.32 Å². The Morgan fingerprint density at radius 2 is 1.89 bits per heavy atom. The number of carbonyl (C=O) groups excluding carboxylic acids is 1. The minimum absolute atomic E-state index is 0.0169. The van der Waals surface area contributed by atoms with Crippen molar-refractivity contribution in [3.05, 3.63) is 66.0 Å². The molecule has 97 valence electrons. The fourth-order valence-corrected chi connectivity index (χ4v) is 1.80. The van der Waals surface area contributed by atoms with E-state index in [1.165, 1.54) is 6.07 Å². The predicted octanol–water partition coefficient (Wildman–Crippen LogP) is 2.37. The Bertz CT molecular complexity index is 468. The van der Waals surface area contributed by atoms with Crippen molar-refractivity contribution >= 4 is 17.2 Å². The Labute approximate surface area is 112 Å². The SMILES string of the molecule is O=C(CCNc1ccccc1[N+](=O)[O-])[C]1[CH][CH][CH][CH]1. The van der Waals surface area contributed by atoms with Crippen LogP contribution in [0.15, 0.2) is 24.3 Å². The molecule has 0 amide bonds. The van der Waals surface area contributed by atoms with Gasteiger partial charge >= 0.3 is 0 Å². The second kappa shape index (κ2) is 6.31. The Hall–Kier alpha value is -1.91. The lowest BCUT2D eigenvalue weighted by Gasteiger charge is -2.08. The Morgan fingerprint density at radius 3 is 2.58 bits per heavy atom. The molecule has 1 aromatic rings. The molecule has 1 N–H and O–H groups in total. The molecule has 5 radical (unpaired) electrons. The molecular weight excluding hydrogens is 244 g/mol. The Kier molecular flexibility index (Phi) is 4.49. The molecule has 0 unspecified atom stereocenters. The zero-order chi connectivity index (χ0) is 13.7. The highest BCUT2D eigenvalue weighted by Gasteiger charge is 2.23. The largest absolute Gasteiger partial charge is 0.379 e. The number of nitrogens with one attached hydrogen (secondary N) is 1. The molecule has 5 nitrogen and oxygen atoms in total. The lowest BCUT2D eigenvalue weighted by molar-refractivity contribution is -0.384. The summed E-state index contributed by atoms with van der Waals surface area (Å²) < 4.78 is 0. The van der Waals surface area contributed by atoms with E-state index < -0.39 is 4.92 Å². The summed E-state index contributed by atoms with van der Waals surface area (Å²) in [4.78, 5) is 22.1. The van der Waals surface area contributed by atoms with Crippen LogP contribution in [0.25, 0.3) is 0 Å². The fourth-order valence-electron chi connectivity index (χ4n) is 1.80. The zero-order valence-electron chi connectivity index (χ0n) is 10.2. The normalized spacial score (nSPS) is 15.4. The Morgan fingerprint density at radius 1 is 1.21 bits per heavy atom. The van der Waals surface area contributed by atoms with Gasteiger partial charge in [0.2, 0.25) is 0 Å². The molecule has 0 spiro atoms. The number of benzene rings is 1. The Balaban J connectivity index is 1.85. The summed E-state index contributed by atoms with van der Waals surface area (Å²) in [6, 6.07) is 6.39. The van der Waals surface area contributed by atoms with E-state index in [0.717, 1.165) is 0 Å². The summed E-state index contributed by atoms with van der Waals surface area (Å²) in [6.07, 6.45) is 7.43. The third kappa shape index (κ3) is 3.53. The maximum Gasteiger partial charge on any atom is 0.292 e. The number of Topliss-reactive ketones (excluding diaryl/α,β-unsaturated/α-hetero) is 1. The van der Waals surface area contributed by atoms with Crippen LogP contribution in [-0.4, -0.2) is 17.3 Å². The first-order chi connectivity index (χ1) is 9.18. The summed E-state index contributed by atoms with van der Waals surface area (Å²) >= 11 is 0. The maximum absolute atomic E-state index is 11.7. The van der Waals surface area contributed by atoms with Crippen LogP contribution < -0.4 is 5.32 Å². The average molecular weight is 257 g/mol. The summed E-state index contributed by atoms with van der Waals surface area (Å²) in [6.45, 7) is 0.370. The van der Waals surface area contributed by atoms with Crippen LogP contribution in [0.4, 0.5) is 11.4 Å². The predicted molar refractivity (Wildman–Crippen MR) is 71.7 cm³/mol. The van der Waals surface area contributed by atoms with Crippen LogP contribution in [0.3, 0.4) is 0 Å². The minimum atomic E-state index is -0.443. The number of carbonyl (C=O) groups is 1.